The van der Waals surface area contributed by atoms with Gasteiger partial charge >= 0.3 is 0 Å². The van der Waals surface area contributed by atoms with Crippen LogP contribution in [0.1, 0.15) is 22.9 Å². The Balaban J connectivity index is 1.08. The van der Waals surface area contributed by atoms with E-state index in [0.717, 1.165) is 22.4 Å². The molecule has 1 atom stereocenters. The molecule has 0 saturated carbocycles. The Morgan fingerprint density at radius 3 is 1.87 bits per heavy atom. The van der Waals surface area contributed by atoms with Gasteiger partial charge in [0.05, 0.1) is 11.0 Å². The van der Waals surface area contributed by atoms with Crippen molar-refractivity contribution < 1.29 is 0 Å². The molecular weight excluding hydrogens is 687 g/mol. The molecule has 0 amide bonds. The van der Waals surface area contributed by atoms with E-state index in [1.807, 2.05) is 60.2 Å². The van der Waals surface area contributed by atoms with E-state index in [-0.39, 0.29) is 6.17 Å². The standard InChI is InChI=1S/C51H35N3S/c1-4-13-35(14-5-1)33-52-51(38-17-8-3-9-18-38)53-34-36-23-27-41(28-24-36)54-47-30-26-39(37-15-6-2-7-16-37)31-46(47)43-29-25-40(32-48(43)54)42-20-12-21-45-44-19-10-11-22-49(44)55-50(42)45/h1-34,51H. The first-order chi connectivity index (χ1) is 27.3. The van der Waals surface area contributed by atoms with E-state index in [2.05, 4.69) is 162 Å². The number of aliphatic imine (C=N–C) groups is 2. The summed E-state index contributed by atoms with van der Waals surface area (Å²) in [6.07, 6.45) is 3.49. The zero-order valence-corrected chi connectivity index (χ0v) is 30.8. The molecule has 10 aromatic rings. The van der Waals surface area contributed by atoms with Crippen LogP contribution >= 0.6 is 11.3 Å². The van der Waals surface area contributed by atoms with Gasteiger partial charge in [0, 0.05) is 49.1 Å². The highest BCUT2D eigenvalue weighted by atomic mass is 32.1. The van der Waals surface area contributed by atoms with Crippen molar-refractivity contribution in [3.05, 3.63) is 211 Å². The second kappa shape index (κ2) is 14.2. The Morgan fingerprint density at radius 2 is 1.09 bits per heavy atom. The fraction of sp³-hybridized carbons (Fsp3) is 0.0196. The first-order valence-electron chi connectivity index (χ1n) is 18.6. The van der Waals surface area contributed by atoms with Crippen LogP contribution in [0.2, 0.25) is 0 Å². The highest BCUT2D eigenvalue weighted by Gasteiger charge is 2.17. The lowest BCUT2D eigenvalue weighted by Gasteiger charge is -2.11. The maximum atomic E-state index is 4.97. The minimum Gasteiger partial charge on any atom is -0.309 e. The molecule has 4 heteroatoms. The second-order valence-electron chi connectivity index (χ2n) is 13.8. The van der Waals surface area contributed by atoms with Crippen LogP contribution in [0.15, 0.2) is 204 Å². The third-order valence-corrected chi connectivity index (χ3v) is 11.6. The molecule has 0 radical (unpaired) electrons. The molecule has 0 aliphatic rings. The molecule has 2 heterocycles. The first-order valence-corrected chi connectivity index (χ1v) is 19.4. The number of benzene rings is 8. The van der Waals surface area contributed by atoms with Crippen LogP contribution < -0.4 is 0 Å². The van der Waals surface area contributed by atoms with Crippen LogP contribution in [-0.4, -0.2) is 17.0 Å². The summed E-state index contributed by atoms with van der Waals surface area (Å²) in [7, 11) is 0. The van der Waals surface area contributed by atoms with Gasteiger partial charge in [0.15, 0.2) is 6.17 Å². The zero-order chi connectivity index (χ0) is 36.6. The van der Waals surface area contributed by atoms with E-state index in [9.17, 15) is 0 Å². The van der Waals surface area contributed by atoms with E-state index in [1.165, 1.54) is 64.2 Å². The summed E-state index contributed by atoms with van der Waals surface area (Å²) in [6, 6.07) is 69.0. The van der Waals surface area contributed by atoms with Crippen molar-refractivity contribution in [2.75, 3.05) is 0 Å². The number of hydrogen-bond acceptors (Lipinski definition) is 3. The molecule has 0 saturated heterocycles. The molecule has 0 aliphatic carbocycles. The second-order valence-corrected chi connectivity index (χ2v) is 14.8. The largest absolute Gasteiger partial charge is 0.309 e. The normalized spacial score (nSPS) is 12.5. The summed E-state index contributed by atoms with van der Waals surface area (Å²) in [5.41, 5.74) is 11.5. The van der Waals surface area contributed by atoms with Gasteiger partial charge in [0.1, 0.15) is 0 Å². The molecule has 0 fully saturated rings. The molecule has 1 unspecified atom stereocenters. The third kappa shape index (κ3) is 6.23. The highest BCUT2D eigenvalue weighted by molar-refractivity contribution is 7.26. The fourth-order valence-electron chi connectivity index (χ4n) is 7.65. The molecule has 0 aliphatic heterocycles. The Hall–Kier alpha value is -6.88. The number of hydrogen-bond donors (Lipinski definition) is 0. The number of rotatable bonds is 8. The number of aromatic nitrogens is 1. The third-order valence-electron chi connectivity index (χ3n) is 10.4. The van der Waals surface area contributed by atoms with Crippen molar-refractivity contribution in [2.24, 2.45) is 9.98 Å². The van der Waals surface area contributed by atoms with Gasteiger partial charge in [-0.3, -0.25) is 9.98 Å². The van der Waals surface area contributed by atoms with Crippen LogP contribution in [0.3, 0.4) is 0 Å². The molecule has 3 nitrogen and oxygen atoms in total. The van der Waals surface area contributed by atoms with Crippen LogP contribution in [-0.2, 0) is 0 Å². The van der Waals surface area contributed by atoms with Crippen molar-refractivity contribution in [2.45, 2.75) is 6.17 Å². The summed E-state index contributed by atoms with van der Waals surface area (Å²) in [5, 5.41) is 5.08. The van der Waals surface area contributed by atoms with Crippen molar-refractivity contribution >= 4 is 65.7 Å². The molecule has 2 aromatic heterocycles. The minimum absolute atomic E-state index is 0.346. The molecule has 260 valence electrons. The van der Waals surface area contributed by atoms with Crippen LogP contribution in [0.25, 0.3) is 69.9 Å². The fourth-order valence-corrected chi connectivity index (χ4v) is 8.89. The highest BCUT2D eigenvalue weighted by Crippen LogP contribution is 2.42. The summed E-state index contributed by atoms with van der Waals surface area (Å²) in [4.78, 5) is 9.84. The Bertz CT molecular complexity index is 3010. The van der Waals surface area contributed by atoms with E-state index >= 15 is 0 Å². The number of thiophene rings is 1. The Kier molecular flexibility index (Phi) is 8.43. The van der Waals surface area contributed by atoms with Gasteiger partial charge in [-0.2, -0.15) is 0 Å². The van der Waals surface area contributed by atoms with Crippen molar-refractivity contribution in [1.82, 2.24) is 4.57 Å². The van der Waals surface area contributed by atoms with E-state index in [1.54, 1.807) is 0 Å². The molecule has 8 aromatic carbocycles. The monoisotopic (exact) mass is 721 g/mol. The maximum Gasteiger partial charge on any atom is 0.165 e. The van der Waals surface area contributed by atoms with Gasteiger partial charge in [0.2, 0.25) is 0 Å². The van der Waals surface area contributed by atoms with Crippen molar-refractivity contribution in [1.29, 1.82) is 0 Å². The number of fused-ring (bicyclic) bond motifs is 6. The first kappa shape index (κ1) is 32.7. The molecule has 55 heavy (non-hydrogen) atoms. The predicted molar refractivity (Wildman–Crippen MR) is 235 cm³/mol. The lowest BCUT2D eigenvalue weighted by Crippen LogP contribution is -1.96. The van der Waals surface area contributed by atoms with E-state index in [0.29, 0.717) is 0 Å². The summed E-state index contributed by atoms with van der Waals surface area (Å²) < 4.78 is 5.05. The van der Waals surface area contributed by atoms with E-state index in [4.69, 9.17) is 9.98 Å². The topological polar surface area (TPSA) is 29.6 Å². The molecule has 0 N–H and O–H groups in total. The van der Waals surface area contributed by atoms with Crippen molar-refractivity contribution in [3.63, 3.8) is 0 Å². The molecule has 0 bridgehead atoms. The Labute approximate surface area is 323 Å². The molecule has 0 spiro atoms. The average Bonchev–Trinajstić information content (AvgIpc) is 3.80. The number of nitrogens with zero attached hydrogens (tertiary/aromatic N) is 3. The van der Waals surface area contributed by atoms with Gasteiger partial charge < -0.3 is 4.57 Å². The van der Waals surface area contributed by atoms with Gasteiger partial charge in [-0.25, -0.2) is 0 Å². The lowest BCUT2D eigenvalue weighted by atomic mass is 10.00. The maximum absolute atomic E-state index is 4.97. The summed E-state index contributed by atoms with van der Waals surface area (Å²) >= 11 is 1.87. The minimum atomic E-state index is -0.346. The molecule has 10 rings (SSSR count). The average molecular weight is 722 g/mol. The van der Waals surface area contributed by atoms with Gasteiger partial charge in [0.25, 0.3) is 0 Å². The summed E-state index contributed by atoms with van der Waals surface area (Å²) in [5.74, 6) is 0. The summed E-state index contributed by atoms with van der Waals surface area (Å²) in [6.45, 7) is 0. The van der Waals surface area contributed by atoms with Gasteiger partial charge in [-0.05, 0) is 75.3 Å². The predicted octanol–water partition coefficient (Wildman–Crippen LogP) is 13.7. The van der Waals surface area contributed by atoms with E-state index < -0.39 is 0 Å². The Morgan fingerprint density at radius 1 is 0.436 bits per heavy atom. The smallest absolute Gasteiger partial charge is 0.165 e. The van der Waals surface area contributed by atoms with Crippen LogP contribution in [0.5, 0.6) is 0 Å². The lowest BCUT2D eigenvalue weighted by molar-refractivity contribution is 0.787. The van der Waals surface area contributed by atoms with Crippen LogP contribution in [0.4, 0.5) is 0 Å². The van der Waals surface area contributed by atoms with Crippen LogP contribution in [0, 0.1) is 0 Å². The molecular formula is C51H35N3S. The van der Waals surface area contributed by atoms with Crippen molar-refractivity contribution in [3.8, 4) is 27.9 Å². The van der Waals surface area contributed by atoms with Gasteiger partial charge in [-0.15, -0.1) is 11.3 Å². The SMILES string of the molecule is C(=NC(N=Cc1ccc(-n2c3ccc(-c4ccccc4)cc3c3ccc(-c4cccc5c4sc4ccccc45)cc32)cc1)c1ccccc1)c1ccccc1. The van der Waals surface area contributed by atoms with Gasteiger partial charge in [-0.1, -0.05) is 158 Å². The quantitative estimate of drug-likeness (QED) is 0.140. The zero-order valence-electron chi connectivity index (χ0n) is 30.0.